The van der Waals surface area contributed by atoms with Crippen LogP contribution in [-0.2, 0) is 9.59 Å². The van der Waals surface area contributed by atoms with E-state index in [1.165, 1.54) is 0 Å². The Kier molecular flexibility index (Phi) is 12.5. The first-order valence-corrected chi connectivity index (χ1v) is 4.62. The molecule has 0 fully saturated rings. The molecule has 100 valence electrons. The van der Waals surface area contributed by atoms with Gasteiger partial charge in [-0.05, 0) is 18.1 Å². The second kappa shape index (κ2) is 12.6. The molecule has 0 unspecified atom stereocenters. The standard InChI is InChI=1S/C5H11N7.C2H2O4/c1-12(4-2-8-10-6)5-3-9-11-7;3-1(4)2(5)6/h2-5H2,1H3;(H,3,4)(H,5,6). The minimum absolute atomic E-state index is 0.448. The summed E-state index contributed by atoms with van der Waals surface area (Å²) in [5.74, 6) is -3.65. The molecular weight excluding hydrogens is 246 g/mol. The van der Waals surface area contributed by atoms with Gasteiger partial charge in [0.15, 0.2) is 0 Å². The number of likely N-dealkylation sites (N-methyl/N-ethyl adjacent to an activating group) is 1. The van der Waals surface area contributed by atoms with Gasteiger partial charge in [0.2, 0.25) is 0 Å². The SMILES string of the molecule is CN(CCN=[N+]=[N-])CCN=[N+]=[N-].O=C(O)C(=O)O. The number of carboxylic acid groups (broad SMARTS) is 2. The van der Waals surface area contributed by atoms with E-state index in [2.05, 4.69) is 20.1 Å². The average molecular weight is 259 g/mol. The van der Waals surface area contributed by atoms with Gasteiger partial charge in [-0.1, -0.05) is 10.2 Å². The molecule has 0 radical (unpaired) electrons. The van der Waals surface area contributed by atoms with Crippen LogP contribution >= 0.6 is 0 Å². The van der Waals surface area contributed by atoms with Crippen LogP contribution in [0.2, 0.25) is 0 Å². The Bertz CT molecular complexity index is 325. The topological polar surface area (TPSA) is 175 Å². The quantitative estimate of drug-likeness (QED) is 0.308. The summed E-state index contributed by atoms with van der Waals surface area (Å²) in [5, 5.41) is 21.5. The van der Waals surface area contributed by atoms with E-state index in [4.69, 9.17) is 30.9 Å². The van der Waals surface area contributed by atoms with E-state index in [9.17, 15) is 0 Å². The predicted octanol–water partition coefficient (Wildman–Crippen LogP) is 0.694. The van der Waals surface area contributed by atoms with Crippen LogP contribution in [0, 0.1) is 0 Å². The number of rotatable bonds is 6. The lowest BCUT2D eigenvalue weighted by Gasteiger charge is -2.12. The third-order valence-electron chi connectivity index (χ3n) is 1.47. The summed E-state index contributed by atoms with van der Waals surface area (Å²) in [4.78, 5) is 25.4. The van der Waals surface area contributed by atoms with Crippen LogP contribution in [0.3, 0.4) is 0 Å². The fourth-order valence-electron chi connectivity index (χ4n) is 0.632. The molecule has 0 heterocycles. The minimum Gasteiger partial charge on any atom is -0.473 e. The van der Waals surface area contributed by atoms with Gasteiger partial charge in [-0.3, -0.25) is 0 Å². The lowest BCUT2D eigenvalue weighted by molar-refractivity contribution is -0.159. The number of azide groups is 2. The molecule has 11 heteroatoms. The zero-order valence-corrected chi connectivity index (χ0v) is 9.67. The zero-order chi connectivity index (χ0) is 14.4. The van der Waals surface area contributed by atoms with Crippen molar-refractivity contribution in [1.82, 2.24) is 4.90 Å². The van der Waals surface area contributed by atoms with Gasteiger partial charge in [0.05, 0.1) is 0 Å². The van der Waals surface area contributed by atoms with Crippen molar-refractivity contribution in [3.05, 3.63) is 20.9 Å². The first-order valence-electron chi connectivity index (χ1n) is 4.62. The maximum Gasteiger partial charge on any atom is 0.414 e. The Morgan fingerprint density at radius 1 is 1.06 bits per heavy atom. The average Bonchev–Trinajstić information content (AvgIpc) is 2.30. The van der Waals surface area contributed by atoms with Crippen LogP contribution in [0.5, 0.6) is 0 Å². The van der Waals surface area contributed by atoms with Crippen molar-refractivity contribution in [1.29, 1.82) is 0 Å². The summed E-state index contributed by atoms with van der Waals surface area (Å²) >= 11 is 0. The van der Waals surface area contributed by atoms with Crippen molar-refractivity contribution in [2.75, 3.05) is 33.2 Å². The molecule has 0 bridgehead atoms. The third-order valence-corrected chi connectivity index (χ3v) is 1.47. The highest BCUT2D eigenvalue weighted by Crippen LogP contribution is 1.83. The molecule has 0 aromatic carbocycles. The highest BCUT2D eigenvalue weighted by atomic mass is 16.4. The highest BCUT2D eigenvalue weighted by Gasteiger charge is 2.04. The van der Waals surface area contributed by atoms with E-state index in [1.807, 2.05) is 11.9 Å². The Hall–Kier alpha value is -2.48. The molecule has 11 nitrogen and oxygen atoms in total. The van der Waals surface area contributed by atoms with Gasteiger partial charge in [-0.15, -0.1) is 0 Å². The maximum atomic E-state index is 9.10. The Balaban J connectivity index is 0. The van der Waals surface area contributed by atoms with Gasteiger partial charge in [0.25, 0.3) is 0 Å². The number of hydrogen-bond acceptors (Lipinski definition) is 5. The van der Waals surface area contributed by atoms with Crippen molar-refractivity contribution in [2.24, 2.45) is 10.2 Å². The molecule has 0 aromatic rings. The Labute approximate surface area is 102 Å². The number of nitrogens with zero attached hydrogens (tertiary/aromatic N) is 7. The minimum atomic E-state index is -1.82. The second-order valence-electron chi connectivity index (χ2n) is 2.82. The monoisotopic (exact) mass is 259 g/mol. The van der Waals surface area contributed by atoms with E-state index >= 15 is 0 Å². The molecule has 0 saturated carbocycles. The van der Waals surface area contributed by atoms with E-state index in [0.29, 0.717) is 26.2 Å². The molecule has 0 atom stereocenters. The summed E-state index contributed by atoms with van der Waals surface area (Å²) in [6, 6.07) is 0. The lowest BCUT2D eigenvalue weighted by Crippen LogP contribution is -2.24. The van der Waals surface area contributed by atoms with Crippen molar-refractivity contribution in [3.63, 3.8) is 0 Å². The van der Waals surface area contributed by atoms with Crippen LogP contribution < -0.4 is 0 Å². The molecule has 0 rings (SSSR count). The summed E-state index contributed by atoms with van der Waals surface area (Å²) < 4.78 is 0. The molecule has 0 saturated heterocycles. The summed E-state index contributed by atoms with van der Waals surface area (Å²) in [6.45, 7) is 2.27. The molecule has 0 aromatic heterocycles. The van der Waals surface area contributed by atoms with Crippen LogP contribution in [0.1, 0.15) is 0 Å². The summed E-state index contributed by atoms with van der Waals surface area (Å²) in [5.41, 5.74) is 15.9. The first-order chi connectivity index (χ1) is 8.45. The largest absolute Gasteiger partial charge is 0.473 e. The molecule has 0 spiro atoms. The second-order valence-corrected chi connectivity index (χ2v) is 2.82. The van der Waals surface area contributed by atoms with Crippen molar-refractivity contribution in [2.45, 2.75) is 0 Å². The zero-order valence-electron chi connectivity index (χ0n) is 9.67. The summed E-state index contributed by atoms with van der Waals surface area (Å²) in [7, 11) is 1.87. The van der Waals surface area contributed by atoms with Crippen LogP contribution in [0.15, 0.2) is 10.2 Å². The fraction of sp³-hybridized carbons (Fsp3) is 0.714. The van der Waals surface area contributed by atoms with Gasteiger partial charge in [-0.25, -0.2) is 9.59 Å². The van der Waals surface area contributed by atoms with Crippen molar-refractivity contribution < 1.29 is 19.8 Å². The van der Waals surface area contributed by atoms with Crippen molar-refractivity contribution >= 4 is 11.9 Å². The highest BCUT2D eigenvalue weighted by molar-refractivity contribution is 6.27. The van der Waals surface area contributed by atoms with E-state index in [0.717, 1.165) is 0 Å². The molecule has 0 amide bonds. The number of carbonyl (C=O) groups is 2. The molecule has 0 aliphatic carbocycles. The van der Waals surface area contributed by atoms with Gasteiger partial charge in [0.1, 0.15) is 0 Å². The lowest BCUT2D eigenvalue weighted by atomic mass is 10.5. The van der Waals surface area contributed by atoms with Crippen LogP contribution in [0.25, 0.3) is 20.9 Å². The molecule has 2 N–H and O–H groups in total. The normalized spacial score (nSPS) is 8.33. The smallest absolute Gasteiger partial charge is 0.414 e. The number of hydrogen-bond donors (Lipinski definition) is 2. The van der Waals surface area contributed by atoms with E-state index < -0.39 is 11.9 Å². The van der Waals surface area contributed by atoms with Gasteiger partial charge in [-0.2, -0.15) is 0 Å². The van der Waals surface area contributed by atoms with Gasteiger partial charge < -0.3 is 15.1 Å². The molecule has 0 aliphatic heterocycles. The fourth-order valence-corrected chi connectivity index (χ4v) is 0.632. The molecule has 18 heavy (non-hydrogen) atoms. The van der Waals surface area contributed by atoms with Crippen LogP contribution in [-0.4, -0.2) is 60.3 Å². The maximum absolute atomic E-state index is 9.10. The molecular formula is C7H13N7O4. The first kappa shape index (κ1) is 17.9. The third kappa shape index (κ3) is 16.0. The molecule has 0 aliphatic rings. The van der Waals surface area contributed by atoms with E-state index in [-0.39, 0.29) is 0 Å². The van der Waals surface area contributed by atoms with E-state index in [1.54, 1.807) is 0 Å². The van der Waals surface area contributed by atoms with Gasteiger partial charge >= 0.3 is 11.9 Å². The van der Waals surface area contributed by atoms with Crippen molar-refractivity contribution in [3.8, 4) is 0 Å². The summed E-state index contributed by atoms with van der Waals surface area (Å²) in [6.07, 6.45) is 0. The number of carboxylic acids is 2. The van der Waals surface area contributed by atoms with Crippen LogP contribution in [0.4, 0.5) is 0 Å². The van der Waals surface area contributed by atoms with Gasteiger partial charge in [0, 0.05) is 36.0 Å². The Morgan fingerprint density at radius 3 is 1.61 bits per heavy atom. The predicted molar refractivity (Wildman–Crippen MR) is 60.8 cm³/mol. The Morgan fingerprint density at radius 2 is 1.39 bits per heavy atom. The number of aliphatic carboxylic acids is 2.